The third-order valence-electron chi connectivity index (χ3n) is 3.19. The van der Waals surface area contributed by atoms with Gasteiger partial charge in [0, 0.05) is 6.54 Å². The SMILES string of the molecule is COc1cccc([C@@H]2CCCN2C(=O)CS)c1. The highest BCUT2D eigenvalue weighted by Crippen LogP contribution is 2.33. The second kappa shape index (κ2) is 5.45. The van der Waals surface area contributed by atoms with Crippen molar-refractivity contribution in [2.75, 3.05) is 19.4 Å². The molecule has 1 saturated heterocycles. The molecule has 0 aliphatic carbocycles. The van der Waals surface area contributed by atoms with Crippen molar-refractivity contribution in [2.45, 2.75) is 18.9 Å². The van der Waals surface area contributed by atoms with Crippen molar-refractivity contribution in [1.82, 2.24) is 4.90 Å². The molecule has 1 atom stereocenters. The molecule has 0 N–H and O–H groups in total. The van der Waals surface area contributed by atoms with E-state index in [9.17, 15) is 4.79 Å². The quantitative estimate of drug-likeness (QED) is 0.835. The number of methoxy groups -OCH3 is 1. The Labute approximate surface area is 107 Å². The molecule has 4 heteroatoms. The Balaban J connectivity index is 2.22. The van der Waals surface area contributed by atoms with E-state index in [-0.39, 0.29) is 17.7 Å². The molecule has 1 heterocycles. The summed E-state index contributed by atoms with van der Waals surface area (Å²) >= 11 is 4.07. The minimum Gasteiger partial charge on any atom is -0.497 e. The van der Waals surface area contributed by atoms with E-state index in [4.69, 9.17) is 4.74 Å². The van der Waals surface area contributed by atoms with Gasteiger partial charge in [0.25, 0.3) is 0 Å². The van der Waals surface area contributed by atoms with Gasteiger partial charge >= 0.3 is 0 Å². The predicted molar refractivity (Wildman–Crippen MR) is 70.5 cm³/mol. The van der Waals surface area contributed by atoms with Crippen LogP contribution in [0.3, 0.4) is 0 Å². The third kappa shape index (κ3) is 2.57. The standard InChI is InChI=1S/C13H17NO2S/c1-16-11-5-2-4-10(8-11)12-6-3-7-14(12)13(15)9-17/h2,4-5,8,12,17H,3,6-7,9H2,1H3/t12-/m0/s1. The number of hydrogen-bond donors (Lipinski definition) is 1. The average Bonchev–Trinajstić information content (AvgIpc) is 2.87. The molecule has 2 rings (SSSR count). The molecule has 1 aliphatic heterocycles. The summed E-state index contributed by atoms with van der Waals surface area (Å²) in [6.07, 6.45) is 2.08. The summed E-state index contributed by atoms with van der Waals surface area (Å²) < 4.78 is 5.22. The summed E-state index contributed by atoms with van der Waals surface area (Å²) in [5, 5.41) is 0. The lowest BCUT2D eigenvalue weighted by Crippen LogP contribution is -2.31. The molecule has 3 nitrogen and oxygen atoms in total. The first kappa shape index (κ1) is 12.3. The molecule has 0 radical (unpaired) electrons. The molecule has 0 aromatic heterocycles. The first-order valence-electron chi connectivity index (χ1n) is 5.80. The zero-order chi connectivity index (χ0) is 12.3. The number of nitrogens with zero attached hydrogens (tertiary/aromatic N) is 1. The topological polar surface area (TPSA) is 29.5 Å². The number of thiol groups is 1. The summed E-state index contributed by atoms with van der Waals surface area (Å²) in [6.45, 7) is 0.835. The molecule has 1 fully saturated rings. The van der Waals surface area contributed by atoms with Crippen LogP contribution in [0.1, 0.15) is 24.4 Å². The lowest BCUT2D eigenvalue weighted by molar-refractivity contribution is -0.129. The van der Waals surface area contributed by atoms with Crippen LogP contribution < -0.4 is 4.74 Å². The van der Waals surface area contributed by atoms with Gasteiger partial charge in [-0.3, -0.25) is 4.79 Å². The molecule has 0 unspecified atom stereocenters. The number of carbonyl (C=O) groups excluding carboxylic acids is 1. The molecule has 0 bridgehead atoms. The van der Waals surface area contributed by atoms with Crippen LogP contribution >= 0.6 is 12.6 Å². The fourth-order valence-electron chi connectivity index (χ4n) is 2.35. The number of benzene rings is 1. The van der Waals surface area contributed by atoms with Crippen molar-refractivity contribution >= 4 is 18.5 Å². The number of ether oxygens (including phenoxy) is 1. The highest BCUT2D eigenvalue weighted by atomic mass is 32.1. The van der Waals surface area contributed by atoms with E-state index < -0.39 is 0 Å². The fraction of sp³-hybridized carbons (Fsp3) is 0.462. The van der Waals surface area contributed by atoms with E-state index in [2.05, 4.69) is 18.7 Å². The summed E-state index contributed by atoms with van der Waals surface area (Å²) in [4.78, 5) is 13.7. The number of hydrogen-bond acceptors (Lipinski definition) is 3. The first-order valence-corrected chi connectivity index (χ1v) is 6.44. The van der Waals surface area contributed by atoms with Gasteiger partial charge in [-0.15, -0.1) is 0 Å². The minimum absolute atomic E-state index is 0.110. The maximum absolute atomic E-state index is 11.8. The molecule has 1 aromatic rings. The molecule has 17 heavy (non-hydrogen) atoms. The van der Waals surface area contributed by atoms with Crippen LogP contribution in [0.4, 0.5) is 0 Å². The largest absolute Gasteiger partial charge is 0.497 e. The van der Waals surface area contributed by atoms with Crippen molar-refractivity contribution in [3.8, 4) is 5.75 Å². The maximum Gasteiger partial charge on any atom is 0.232 e. The van der Waals surface area contributed by atoms with E-state index in [1.54, 1.807) is 7.11 Å². The molecule has 1 aliphatic rings. The third-order valence-corrected chi connectivity index (χ3v) is 3.46. The van der Waals surface area contributed by atoms with Gasteiger partial charge in [0.15, 0.2) is 0 Å². The van der Waals surface area contributed by atoms with Crippen LogP contribution in [-0.4, -0.2) is 30.2 Å². The number of amides is 1. The van der Waals surface area contributed by atoms with E-state index in [0.717, 1.165) is 30.7 Å². The van der Waals surface area contributed by atoms with Crippen molar-refractivity contribution in [1.29, 1.82) is 0 Å². The average molecular weight is 251 g/mol. The van der Waals surface area contributed by atoms with Crippen LogP contribution in [0.5, 0.6) is 5.75 Å². The summed E-state index contributed by atoms with van der Waals surface area (Å²) in [5.74, 6) is 1.23. The smallest absolute Gasteiger partial charge is 0.232 e. The Bertz CT molecular complexity index is 408. The highest BCUT2D eigenvalue weighted by Gasteiger charge is 2.29. The van der Waals surface area contributed by atoms with Crippen molar-refractivity contribution < 1.29 is 9.53 Å². The van der Waals surface area contributed by atoms with Crippen molar-refractivity contribution in [3.63, 3.8) is 0 Å². The maximum atomic E-state index is 11.8. The second-order valence-electron chi connectivity index (χ2n) is 4.18. The zero-order valence-corrected chi connectivity index (χ0v) is 10.8. The molecule has 92 valence electrons. The first-order chi connectivity index (χ1) is 8.26. The lowest BCUT2D eigenvalue weighted by atomic mass is 10.0. The Hall–Kier alpha value is -1.16. The molecular weight excluding hydrogens is 234 g/mol. The second-order valence-corrected chi connectivity index (χ2v) is 4.50. The fourth-order valence-corrected chi connectivity index (χ4v) is 2.53. The van der Waals surface area contributed by atoms with Gasteiger partial charge < -0.3 is 9.64 Å². The van der Waals surface area contributed by atoms with Gasteiger partial charge in [0.1, 0.15) is 5.75 Å². The van der Waals surface area contributed by atoms with Gasteiger partial charge in [0.2, 0.25) is 5.91 Å². The number of rotatable bonds is 3. The van der Waals surface area contributed by atoms with Gasteiger partial charge in [-0.1, -0.05) is 12.1 Å². The van der Waals surface area contributed by atoms with Crippen molar-refractivity contribution in [2.24, 2.45) is 0 Å². The van der Waals surface area contributed by atoms with E-state index in [0.29, 0.717) is 0 Å². The molecule has 1 aromatic carbocycles. The highest BCUT2D eigenvalue weighted by molar-refractivity contribution is 7.81. The Morgan fingerprint density at radius 2 is 2.41 bits per heavy atom. The molecule has 0 spiro atoms. The number of likely N-dealkylation sites (tertiary alicyclic amines) is 1. The summed E-state index contributed by atoms with van der Waals surface area (Å²) in [7, 11) is 1.66. The van der Waals surface area contributed by atoms with Gasteiger partial charge in [-0.2, -0.15) is 12.6 Å². The van der Waals surface area contributed by atoms with Gasteiger partial charge in [-0.25, -0.2) is 0 Å². The van der Waals surface area contributed by atoms with Crippen molar-refractivity contribution in [3.05, 3.63) is 29.8 Å². The Kier molecular flexibility index (Phi) is 3.94. The monoisotopic (exact) mass is 251 g/mol. The van der Waals surface area contributed by atoms with E-state index in [1.807, 2.05) is 23.1 Å². The molecular formula is C13H17NO2S. The summed E-state index contributed by atoms with van der Waals surface area (Å²) in [5.41, 5.74) is 1.15. The molecule has 1 amide bonds. The predicted octanol–water partition coefficient (Wildman–Crippen LogP) is 2.29. The van der Waals surface area contributed by atoms with Gasteiger partial charge in [0.05, 0.1) is 18.9 Å². The summed E-state index contributed by atoms with van der Waals surface area (Å²) in [6, 6.07) is 8.13. The van der Waals surface area contributed by atoms with Crippen LogP contribution in [-0.2, 0) is 4.79 Å². The Morgan fingerprint density at radius 1 is 1.59 bits per heavy atom. The molecule has 0 saturated carbocycles. The minimum atomic E-state index is 0.110. The van der Waals surface area contributed by atoms with Crippen LogP contribution in [0, 0.1) is 0 Å². The van der Waals surface area contributed by atoms with E-state index in [1.165, 1.54) is 0 Å². The lowest BCUT2D eigenvalue weighted by Gasteiger charge is -2.24. The van der Waals surface area contributed by atoms with Crippen LogP contribution in [0.25, 0.3) is 0 Å². The van der Waals surface area contributed by atoms with Crippen LogP contribution in [0.2, 0.25) is 0 Å². The zero-order valence-electron chi connectivity index (χ0n) is 9.93. The number of carbonyl (C=O) groups is 1. The van der Waals surface area contributed by atoms with Crippen LogP contribution in [0.15, 0.2) is 24.3 Å². The van der Waals surface area contributed by atoms with Gasteiger partial charge in [-0.05, 0) is 30.5 Å². The van der Waals surface area contributed by atoms with E-state index >= 15 is 0 Å². The normalized spacial score (nSPS) is 19.4. The Morgan fingerprint density at radius 3 is 3.12 bits per heavy atom.